The molecule has 158 valence electrons. The lowest BCUT2D eigenvalue weighted by Gasteiger charge is -2.35. The van der Waals surface area contributed by atoms with E-state index in [4.69, 9.17) is 14.2 Å². The Morgan fingerprint density at radius 3 is 2.61 bits per heavy atom. The van der Waals surface area contributed by atoms with Crippen molar-refractivity contribution in [3.05, 3.63) is 18.2 Å². The maximum absolute atomic E-state index is 5.58. The lowest BCUT2D eigenvalue weighted by atomic mass is 10.0. The number of guanidine groups is 1. The van der Waals surface area contributed by atoms with Gasteiger partial charge in [0.05, 0.1) is 26.9 Å². The molecule has 0 amide bonds. The number of rotatable bonds is 9. The van der Waals surface area contributed by atoms with Gasteiger partial charge in [-0.3, -0.25) is 9.89 Å². The van der Waals surface area contributed by atoms with Crippen molar-refractivity contribution >= 4 is 11.6 Å². The molecule has 7 heteroatoms. The van der Waals surface area contributed by atoms with Gasteiger partial charge in [-0.2, -0.15) is 0 Å². The van der Waals surface area contributed by atoms with E-state index in [1.807, 2.05) is 25.1 Å². The van der Waals surface area contributed by atoms with E-state index in [0.29, 0.717) is 24.3 Å². The second kappa shape index (κ2) is 11.8. The Balaban J connectivity index is 1.98. The molecule has 2 rings (SSSR count). The minimum Gasteiger partial charge on any atom is -0.493 e. The molecule has 0 spiro atoms. The number of nitrogens with one attached hydrogen (secondary N) is 2. The summed E-state index contributed by atoms with van der Waals surface area (Å²) in [6.45, 7) is 11.5. The number of benzene rings is 1. The van der Waals surface area contributed by atoms with Crippen LogP contribution in [0.25, 0.3) is 0 Å². The number of morpholine rings is 1. The van der Waals surface area contributed by atoms with Crippen molar-refractivity contribution in [2.45, 2.75) is 33.2 Å². The molecule has 1 aliphatic heterocycles. The number of methoxy groups -OCH3 is 1. The molecular formula is C21H36N4O3. The van der Waals surface area contributed by atoms with Gasteiger partial charge in [0, 0.05) is 44.5 Å². The monoisotopic (exact) mass is 392 g/mol. The highest BCUT2D eigenvalue weighted by atomic mass is 16.5. The van der Waals surface area contributed by atoms with E-state index in [0.717, 1.165) is 56.7 Å². The second-order valence-electron chi connectivity index (χ2n) is 7.31. The summed E-state index contributed by atoms with van der Waals surface area (Å²) < 4.78 is 16.5. The zero-order valence-electron chi connectivity index (χ0n) is 18.0. The van der Waals surface area contributed by atoms with Gasteiger partial charge in [-0.25, -0.2) is 0 Å². The van der Waals surface area contributed by atoms with Gasteiger partial charge >= 0.3 is 0 Å². The maximum atomic E-state index is 5.58. The van der Waals surface area contributed by atoms with Crippen LogP contribution in [-0.2, 0) is 4.74 Å². The van der Waals surface area contributed by atoms with Crippen molar-refractivity contribution in [1.29, 1.82) is 0 Å². The van der Waals surface area contributed by atoms with E-state index < -0.39 is 0 Å². The molecule has 1 aromatic carbocycles. The third-order valence-corrected chi connectivity index (χ3v) is 4.76. The summed E-state index contributed by atoms with van der Waals surface area (Å²) in [5, 5.41) is 6.83. The Kier molecular flexibility index (Phi) is 9.37. The van der Waals surface area contributed by atoms with Crippen LogP contribution in [0.15, 0.2) is 23.2 Å². The topological polar surface area (TPSA) is 67.4 Å². The molecule has 1 saturated heterocycles. The fourth-order valence-electron chi connectivity index (χ4n) is 3.40. The summed E-state index contributed by atoms with van der Waals surface area (Å²) in [6, 6.07) is 6.25. The Labute approximate surface area is 169 Å². The molecule has 0 radical (unpaired) electrons. The first-order chi connectivity index (χ1) is 13.6. The molecule has 0 aliphatic carbocycles. The van der Waals surface area contributed by atoms with Gasteiger partial charge in [-0.15, -0.1) is 0 Å². The maximum Gasteiger partial charge on any atom is 0.195 e. The van der Waals surface area contributed by atoms with Crippen LogP contribution in [0.4, 0.5) is 5.69 Å². The molecule has 0 saturated carbocycles. The lowest BCUT2D eigenvalue weighted by Crippen LogP contribution is -2.50. The normalized spacial score (nSPS) is 16.7. The molecule has 1 fully saturated rings. The minimum absolute atomic E-state index is 0.456. The van der Waals surface area contributed by atoms with Gasteiger partial charge in [-0.05, 0) is 31.4 Å². The first-order valence-electron chi connectivity index (χ1n) is 10.2. The molecule has 0 aromatic heterocycles. The molecule has 1 aromatic rings. The van der Waals surface area contributed by atoms with Crippen molar-refractivity contribution in [3.63, 3.8) is 0 Å². The standard InChI is InChI=1S/C21H36N4O3/c1-6-28-19-8-7-17(14-20(19)26-5)24-21(22-4)23-15-18(13-16(2)3)25-9-11-27-12-10-25/h7-8,14,16,18H,6,9-13,15H2,1-5H3,(H2,22,23,24). The molecular weight excluding hydrogens is 356 g/mol. The van der Waals surface area contributed by atoms with Crippen molar-refractivity contribution < 1.29 is 14.2 Å². The molecule has 0 bridgehead atoms. The summed E-state index contributed by atoms with van der Waals surface area (Å²) in [5.41, 5.74) is 0.903. The van der Waals surface area contributed by atoms with Crippen LogP contribution in [0.2, 0.25) is 0 Å². The highest BCUT2D eigenvalue weighted by Crippen LogP contribution is 2.30. The zero-order valence-corrected chi connectivity index (χ0v) is 18.0. The zero-order chi connectivity index (χ0) is 20.4. The van der Waals surface area contributed by atoms with Crippen LogP contribution in [0.3, 0.4) is 0 Å². The first-order valence-corrected chi connectivity index (χ1v) is 10.2. The molecule has 1 atom stereocenters. The highest BCUT2D eigenvalue weighted by molar-refractivity contribution is 5.93. The van der Waals surface area contributed by atoms with E-state index in [1.165, 1.54) is 0 Å². The molecule has 1 aliphatic rings. The van der Waals surface area contributed by atoms with Crippen LogP contribution in [-0.4, -0.2) is 70.5 Å². The van der Waals surface area contributed by atoms with E-state index in [-0.39, 0.29) is 0 Å². The Morgan fingerprint density at radius 1 is 1.25 bits per heavy atom. The smallest absolute Gasteiger partial charge is 0.195 e. The SMILES string of the molecule is CCOc1ccc(NC(=NC)NCC(CC(C)C)N2CCOCC2)cc1OC. The third kappa shape index (κ3) is 6.87. The number of hydrogen-bond acceptors (Lipinski definition) is 5. The number of nitrogens with zero attached hydrogens (tertiary/aromatic N) is 2. The lowest BCUT2D eigenvalue weighted by molar-refractivity contribution is 0.0133. The van der Waals surface area contributed by atoms with Gasteiger partial charge < -0.3 is 24.8 Å². The van der Waals surface area contributed by atoms with E-state index in [2.05, 4.69) is 34.4 Å². The van der Waals surface area contributed by atoms with Crippen LogP contribution in [0, 0.1) is 5.92 Å². The number of hydrogen-bond donors (Lipinski definition) is 2. The number of aliphatic imine (C=N–C) groups is 1. The fourth-order valence-corrected chi connectivity index (χ4v) is 3.40. The van der Waals surface area contributed by atoms with E-state index in [1.54, 1.807) is 14.2 Å². The first kappa shape index (κ1) is 22.3. The van der Waals surface area contributed by atoms with Crippen molar-refractivity contribution in [1.82, 2.24) is 10.2 Å². The summed E-state index contributed by atoms with van der Waals surface area (Å²) in [4.78, 5) is 6.89. The van der Waals surface area contributed by atoms with Gasteiger partial charge in [-0.1, -0.05) is 13.8 Å². The van der Waals surface area contributed by atoms with Gasteiger partial charge in [0.15, 0.2) is 17.5 Å². The van der Waals surface area contributed by atoms with Crippen LogP contribution < -0.4 is 20.1 Å². The molecule has 1 unspecified atom stereocenters. The largest absolute Gasteiger partial charge is 0.493 e. The Hall–Kier alpha value is -1.99. The minimum atomic E-state index is 0.456. The quantitative estimate of drug-likeness (QED) is 0.498. The predicted octanol–water partition coefficient (Wildman–Crippen LogP) is 2.83. The van der Waals surface area contributed by atoms with Gasteiger partial charge in [0.25, 0.3) is 0 Å². The van der Waals surface area contributed by atoms with Crippen LogP contribution in [0.5, 0.6) is 11.5 Å². The van der Waals surface area contributed by atoms with Crippen LogP contribution >= 0.6 is 0 Å². The van der Waals surface area contributed by atoms with Crippen molar-refractivity contribution in [2.24, 2.45) is 10.9 Å². The van der Waals surface area contributed by atoms with E-state index in [9.17, 15) is 0 Å². The molecule has 2 N–H and O–H groups in total. The Morgan fingerprint density at radius 2 is 2.00 bits per heavy atom. The van der Waals surface area contributed by atoms with E-state index >= 15 is 0 Å². The van der Waals surface area contributed by atoms with Gasteiger partial charge in [0.1, 0.15) is 0 Å². The molecule has 28 heavy (non-hydrogen) atoms. The fraction of sp³-hybridized carbons (Fsp3) is 0.667. The summed E-state index contributed by atoms with van der Waals surface area (Å²) in [5.74, 6) is 2.82. The number of anilines is 1. The van der Waals surface area contributed by atoms with Gasteiger partial charge in [0.2, 0.25) is 0 Å². The average Bonchev–Trinajstić information content (AvgIpc) is 2.71. The summed E-state index contributed by atoms with van der Waals surface area (Å²) in [6.07, 6.45) is 1.14. The number of ether oxygens (including phenoxy) is 3. The summed E-state index contributed by atoms with van der Waals surface area (Å²) >= 11 is 0. The van der Waals surface area contributed by atoms with Crippen molar-refractivity contribution in [2.75, 3.05) is 58.9 Å². The highest BCUT2D eigenvalue weighted by Gasteiger charge is 2.22. The average molecular weight is 393 g/mol. The van der Waals surface area contributed by atoms with Crippen molar-refractivity contribution in [3.8, 4) is 11.5 Å². The Bertz CT molecular complexity index is 616. The second-order valence-corrected chi connectivity index (χ2v) is 7.31. The third-order valence-electron chi connectivity index (χ3n) is 4.76. The summed E-state index contributed by atoms with van der Waals surface area (Å²) in [7, 11) is 3.43. The molecule has 1 heterocycles. The van der Waals surface area contributed by atoms with Crippen LogP contribution in [0.1, 0.15) is 27.2 Å². The molecule has 7 nitrogen and oxygen atoms in total. The predicted molar refractivity (Wildman–Crippen MR) is 115 cm³/mol.